The van der Waals surface area contributed by atoms with Gasteiger partial charge in [0.2, 0.25) is 23.1 Å². The molecular weight excluding hydrogens is 216 g/mol. The van der Waals surface area contributed by atoms with Gasteiger partial charge in [0.15, 0.2) is 0 Å². The highest BCUT2D eigenvalue weighted by atomic mass is 16.9. The van der Waals surface area contributed by atoms with Crippen molar-refractivity contribution in [1.82, 2.24) is 0 Å². The summed E-state index contributed by atoms with van der Waals surface area (Å²) >= 11 is 0. The fourth-order valence-corrected chi connectivity index (χ4v) is 2.60. The molecule has 3 fully saturated rings. The fourth-order valence-electron chi connectivity index (χ4n) is 2.60. The Kier molecular flexibility index (Phi) is 1.88. The third-order valence-electron chi connectivity index (χ3n) is 3.74. The second kappa shape index (κ2) is 2.77. The molecule has 3 rings (SSSR count). The van der Waals surface area contributed by atoms with E-state index >= 15 is 0 Å². The van der Waals surface area contributed by atoms with E-state index in [2.05, 4.69) is 0 Å². The van der Waals surface area contributed by atoms with E-state index < -0.39 is 23.1 Å². The molecule has 0 unspecified atom stereocenters. The topological polar surface area (TPSA) is 77.4 Å². The van der Waals surface area contributed by atoms with Crippen LogP contribution in [-0.4, -0.2) is 46.6 Å². The van der Waals surface area contributed by atoms with Crippen LogP contribution in [-0.2, 0) is 18.9 Å². The van der Waals surface area contributed by atoms with Crippen LogP contribution in [0.4, 0.5) is 0 Å². The van der Waals surface area contributed by atoms with Gasteiger partial charge in [-0.1, -0.05) is 0 Å². The summed E-state index contributed by atoms with van der Waals surface area (Å²) in [7, 11) is 0. The molecule has 6 heteroatoms. The second-order valence-corrected chi connectivity index (χ2v) is 4.87. The van der Waals surface area contributed by atoms with E-state index in [0.717, 1.165) is 0 Å². The minimum Gasteiger partial charge on any atom is -0.361 e. The number of ether oxygens (including phenoxy) is 4. The van der Waals surface area contributed by atoms with Crippen molar-refractivity contribution in [3.8, 4) is 0 Å². The monoisotopic (exact) mass is 232 g/mol. The lowest BCUT2D eigenvalue weighted by Crippen LogP contribution is -2.51. The molecule has 3 aliphatic rings. The van der Waals surface area contributed by atoms with Crippen LogP contribution in [0.5, 0.6) is 0 Å². The van der Waals surface area contributed by atoms with Gasteiger partial charge < -0.3 is 29.2 Å². The van der Waals surface area contributed by atoms with Gasteiger partial charge in [0.1, 0.15) is 0 Å². The Balaban J connectivity index is 1.99. The highest BCUT2D eigenvalue weighted by Crippen LogP contribution is 2.55. The highest BCUT2D eigenvalue weighted by molar-refractivity contribution is 5.04. The van der Waals surface area contributed by atoms with E-state index in [9.17, 15) is 10.2 Å². The van der Waals surface area contributed by atoms with Gasteiger partial charge in [-0.05, 0) is 13.8 Å². The van der Waals surface area contributed by atoms with Gasteiger partial charge in [0, 0.05) is 12.8 Å². The van der Waals surface area contributed by atoms with Crippen molar-refractivity contribution in [3.63, 3.8) is 0 Å². The standard InChI is InChI=1S/C10H16O6/c1-7(11)10(4-6-13-7)15-8(2)9(12,16-10)3-5-14-8/h11-12H,3-6H2,1-2H3/t7-,8+,9+,10+/m1/s1. The number of hydrogen-bond donors (Lipinski definition) is 2. The van der Waals surface area contributed by atoms with Crippen LogP contribution < -0.4 is 0 Å². The minimum absolute atomic E-state index is 0.319. The van der Waals surface area contributed by atoms with E-state index in [0.29, 0.717) is 26.1 Å². The summed E-state index contributed by atoms with van der Waals surface area (Å²) in [6.07, 6.45) is 0.683. The maximum absolute atomic E-state index is 10.3. The van der Waals surface area contributed by atoms with Crippen LogP contribution in [0.25, 0.3) is 0 Å². The van der Waals surface area contributed by atoms with Gasteiger partial charge in [-0.25, -0.2) is 0 Å². The normalized spacial score (nSPS) is 60.8. The minimum atomic E-state index is -1.57. The van der Waals surface area contributed by atoms with Crippen LogP contribution in [0.1, 0.15) is 26.7 Å². The molecule has 6 nitrogen and oxygen atoms in total. The fraction of sp³-hybridized carbons (Fsp3) is 1.00. The summed E-state index contributed by atoms with van der Waals surface area (Å²) in [5.41, 5.74) is 0. The molecule has 0 radical (unpaired) electrons. The average molecular weight is 232 g/mol. The summed E-state index contributed by atoms with van der Waals surface area (Å²) < 4.78 is 21.8. The Morgan fingerprint density at radius 2 is 1.62 bits per heavy atom. The molecule has 4 atom stereocenters. The molecule has 0 aromatic carbocycles. The first-order valence-electron chi connectivity index (χ1n) is 5.46. The van der Waals surface area contributed by atoms with Crippen LogP contribution in [0.3, 0.4) is 0 Å². The summed E-state index contributed by atoms with van der Waals surface area (Å²) in [5, 5.41) is 20.4. The Bertz CT molecular complexity index is 311. The van der Waals surface area contributed by atoms with E-state index in [-0.39, 0.29) is 0 Å². The molecule has 0 bridgehead atoms. The third-order valence-corrected chi connectivity index (χ3v) is 3.74. The molecule has 3 saturated heterocycles. The zero-order chi connectivity index (χ0) is 11.7. The molecule has 92 valence electrons. The van der Waals surface area contributed by atoms with E-state index in [4.69, 9.17) is 18.9 Å². The van der Waals surface area contributed by atoms with Crippen molar-refractivity contribution in [2.75, 3.05) is 13.2 Å². The Morgan fingerprint density at radius 1 is 0.938 bits per heavy atom. The van der Waals surface area contributed by atoms with Gasteiger partial charge in [0.05, 0.1) is 13.2 Å². The summed E-state index contributed by atoms with van der Waals surface area (Å²) in [5.74, 6) is -5.65. The van der Waals surface area contributed by atoms with Crippen LogP contribution >= 0.6 is 0 Å². The summed E-state index contributed by atoms with van der Waals surface area (Å²) in [4.78, 5) is 0. The van der Waals surface area contributed by atoms with Crippen molar-refractivity contribution in [1.29, 1.82) is 0 Å². The second-order valence-electron chi connectivity index (χ2n) is 4.87. The maximum atomic E-state index is 10.3. The van der Waals surface area contributed by atoms with Gasteiger partial charge in [-0.15, -0.1) is 0 Å². The molecule has 0 amide bonds. The summed E-state index contributed by atoms with van der Waals surface area (Å²) in [6, 6.07) is 0. The molecule has 3 heterocycles. The smallest absolute Gasteiger partial charge is 0.230 e. The third kappa shape index (κ3) is 1.07. The lowest BCUT2D eigenvalue weighted by molar-refractivity contribution is -0.355. The molecule has 2 N–H and O–H groups in total. The highest BCUT2D eigenvalue weighted by Gasteiger charge is 2.74. The largest absolute Gasteiger partial charge is 0.361 e. The van der Waals surface area contributed by atoms with E-state index in [1.807, 2.05) is 0 Å². The van der Waals surface area contributed by atoms with Crippen molar-refractivity contribution in [3.05, 3.63) is 0 Å². The number of aliphatic hydroxyl groups is 2. The average Bonchev–Trinajstić information content (AvgIpc) is 2.61. The SMILES string of the molecule is C[C@@]12OCC[C@]1(O)O[C@]1(CCO[C@@]1(C)O)O2. The van der Waals surface area contributed by atoms with Gasteiger partial charge in [-0.3, -0.25) is 0 Å². The van der Waals surface area contributed by atoms with Crippen molar-refractivity contribution in [2.24, 2.45) is 0 Å². The van der Waals surface area contributed by atoms with Crippen molar-refractivity contribution >= 4 is 0 Å². The first-order chi connectivity index (χ1) is 7.33. The van der Waals surface area contributed by atoms with E-state index in [1.54, 1.807) is 6.92 Å². The lowest BCUT2D eigenvalue weighted by Gasteiger charge is -2.34. The Morgan fingerprint density at radius 3 is 2.19 bits per heavy atom. The van der Waals surface area contributed by atoms with Gasteiger partial charge in [0.25, 0.3) is 0 Å². The van der Waals surface area contributed by atoms with Crippen LogP contribution in [0, 0.1) is 0 Å². The molecular formula is C10H16O6. The van der Waals surface area contributed by atoms with Crippen molar-refractivity contribution < 1.29 is 29.2 Å². The Hall–Kier alpha value is -0.240. The van der Waals surface area contributed by atoms with Gasteiger partial charge >= 0.3 is 0 Å². The molecule has 0 saturated carbocycles. The number of hydrogen-bond acceptors (Lipinski definition) is 6. The predicted molar refractivity (Wildman–Crippen MR) is 50.0 cm³/mol. The first-order valence-corrected chi connectivity index (χ1v) is 5.46. The van der Waals surface area contributed by atoms with Gasteiger partial charge in [-0.2, -0.15) is 0 Å². The molecule has 3 aliphatic heterocycles. The Labute approximate surface area is 93.0 Å². The number of fused-ring (bicyclic) bond motifs is 1. The molecule has 0 aromatic rings. The number of rotatable bonds is 0. The predicted octanol–water partition coefficient (Wildman–Crippen LogP) is -0.317. The summed E-state index contributed by atoms with van der Waals surface area (Å²) in [6.45, 7) is 3.77. The molecule has 16 heavy (non-hydrogen) atoms. The van der Waals surface area contributed by atoms with Crippen LogP contribution in [0.2, 0.25) is 0 Å². The molecule has 0 aromatic heterocycles. The zero-order valence-corrected chi connectivity index (χ0v) is 9.36. The maximum Gasteiger partial charge on any atom is 0.230 e. The molecule has 0 aliphatic carbocycles. The quantitative estimate of drug-likeness (QED) is 0.596. The lowest BCUT2D eigenvalue weighted by atomic mass is 10.1. The first kappa shape index (κ1) is 10.9. The zero-order valence-electron chi connectivity index (χ0n) is 9.36. The van der Waals surface area contributed by atoms with Crippen LogP contribution in [0.15, 0.2) is 0 Å². The van der Waals surface area contributed by atoms with E-state index in [1.165, 1.54) is 6.92 Å². The molecule has 1 spiro atoms. The van der Waals surface area contributed by atoms with Crippen molar-refractivity contribution in [2.45, 2.75) is 49.8 Å².